The zero-order chi connectivity index (χ0) is 67.7. The molecule has 0 spiro atoms. The van der Waals surface area contributed by atoms with Gasteiger partial charge in [0.15, 0.2) is 12.2 Å². The largest absolute Gasteiger partial charge is 0.472 e. The summed E-state index contributed by atoms with van der Waals surface area (Å²) in [6, 6.07) is 0. The maximum absolute atomic E-state index is 13.1. The highest BCUT2D eigenvalue weighted by molar-refractivity contribution is 7.47. The zero-order valence-electron chi connectivity index (χ0n) is 59.7. The van der Waals surface area contributed by atoms with Gasteiger partial charge in [0.1, 0.15) is 19.3 Å². The Kier molecular flexibility index (Phi) is 64.9. The van der Waals surface area contributed by atoms with Crippen LogP contribution in [0.2, 0.25) is 0 Å². The number of ether oxygens (including phenoxy) is 4. The number of hydrogen-bond acceptors (Lipinski definition) is 15. The van der Waals surface area contributed by atoms with Gasteiger partial charge in [-0.05, 0) is 31.6 Å². The highest BCUT2D eigenvalue weighted by Gasteiger charge is 2.30. The van der Waals surface area contributed by atoms with Crippen LogP contribution in [0, 0.1) is 5.92 Å². The van der Waals surface area contributed by atoms with Gasteiger partial charge in [0.2, 0.25) is 0 Å². The van der Waals surface area contributed by atoms with Gasteiger partial charge in [-0.3, -0.25) is 37.3 Å². The Morgan fingerprint density at radius 3 is 0.739 bits per heavy atom. The Morgan fingerprint density at radius 1 is 0.293 bits per heavy atom. The summed E-state index contributed by atoms with van der Waals surface area (Å²) in [6.45, 7) is 7.15. The molecule has 0 aliphatic carbocycles. The van der Waals surface area contributed by atoms with Crippen molar-refractivity contribution in [2.45, 2.75) is 400 Å². The van der Waals surface area contributed by atoms with Crippen LogP contribution in [0.25, 0.3) is 0 Å². The molecule has 0 aliphatic rings. The summed E-state index contributed by atoms with van der Waals surface area (Å²) < 4.78 is 68.3. The summed E-state index contributed by atoms with van der Waals surface area (Å²) >= 11 is 0. The van der Waals surface area contributed by atoms with Crippen molar-refractivity contribution < 1.29 is 80.2 Å². The molecule has 0 aromatic heterocycles. The predicted molar refractivity (Wildman–Crippen MR) is 372 cm³/mol. The first-order valence-electron chi connectivity index (χ1n) is 38.1. The molecule has 0 aromatic rings. The number of unbranched alkanes of at least 4 members (excludes halogenated alkanes) is 45. The fourth-order valence-electron chi connectivity index (χ4n) is 11.2. The van der Waals surface area contributed by atoms with Crippen LogP contribution in [0.4, 0.5) is 0 Å². The third-order valence-electron chi connectivity index (χ3n) is 17.0. The number of aliphatic hydroxyl groups is 1. The van der Waals surface area contributed by atoms with E-state index in [2.05, 4.69) is 34.6 Å². The monoisotopic (exact) mass is 1350 g/mol. The Balaban J connectivity index is 5.18. The molecule has 0 aliphatic heterocycles. The summed E-state index contributed by atoms with van der Waals surface area (Å²) in [5.41, 5.74) is 0. The van der Waals surface area contributed by atoms with Gasteiger partial charge >= 0.3 is 39.5 Å². The van der Waals surface area contributed by atoms with Crippen molar-refractivity contribution in [3.8, 4) is 0 Å². The molecule has 19 heteroatoms. The molecule has 0 heterocycles. The van der Waals surface area contributed by atoms with Gasteiger partial charge in [-0.2, -0.15) is 0 Å². The molecule has 0 saturated carbocycles. The summed E-state index contributed by atoms with van der Waals surface area (Å²) in [5.74, 6) is -1.46. The van der Waals surface area contributed by atoms with Crippen molar-refractivity contribution >= 4 is 39.5 Å². The average Bonchev–Trinajstić information content (AvgIpc) is 1.61. The smallest absolute Gasteiger partial charge is 0.462 e. The van der Waals surface area contributed by atoms with Gasteiger partial charge in [0.25, 0.3) is 0 Å². The molecule has 0 rings (SSSR count). The third-order valence-corrected chi connectivity index (χ3v) is 18.9. The number of carbonyl (C=O) groups is 4. The first-order chi connectivity index (χ1) is 44.5. The van der Waals surface area contributed by atoms with Crippen LogP contribution in [-0.2, 0) is 65.4 Å². The molecule has 0 radical (unpaired) electrons. The minimum absolute atomic E-state index is 0.102. The van der Waals surface area contributed by atoms with Crippen LogP contribution in [0.15, 0.2) is 0 Å². The summed E-state index contributed by atoms with van der Waals surface area (Å²) in [4.78, 5) is 72.5. The van der Waals surface area contributed by atoms with Gasteiger partial charge < -0.3 is 33.8 Å². The lowest BCUT2D eigenvalue weighted by molar-refractivity contribution is -0.161. The number of aliphatic hydroxyl groups excluding tert-OH is 1. The SMILES string of the molecule is CCCCCCCCCCCCCCCCCCCCC(=O)O[C@H](COC(=O)CCCCCCCCCCCCCCCCCCC)COP(=O)(O)OC[C@@H](O)COP(=O)(O)OC[C@@H](COC(=O)CCCCCCCCCC)OC(=O)CCCCCCCCC(C)C. The van der Waals surface area contributed by atoms with Gasteiger partial charge in [-0.1, -0.05) is 330 Å². The first-order valence-corrected chi connectivity index (χ1v) is 41.1. The second-order valence-electron chi connectivity index (χ2n) is 26.8. The second-order valence-corrected chi connectivity index (χ2v) is 29.7. The highest BCUT2D eigenvalue weighted by atomic mass is 31.2. The quantitative estimate of drug-likeness (QED) is 0.0222. The molecule has 546 valence electrons. The normalized spacial score (nSPS) is 14.0. The van der Waals surface area contributed by atoms with Gasteiger partial charge in [0, 0.05) is 25.7 Å². The lowest BCUT2D eigenvalue weighted by atomic mass is 10.0. The molecule has 3 N–H and O–H groups in total. The van der Waals surface area contributed by atoms with Crippen molar-refractivity contribution in [2.75, 3.05) is 39.6 Å². The van der Waals surface area contributed by atoms with Crippen LogP contribution < -0.4 is 0 Å². The van der Waals surface area contributed by atoms with E-state index in [4.69, 9.17) is 37.0 Å². The maximum Gasteiger partial charge on any atom is 0.472 e. The van der Waals surface area contributed by atoms with Crippen molar-refractivity contribution in [3.05, 3.63) is 0 Å². The topological polar surface area (TPSA) is 237 Å². The Labute approximate surface area is 562 Å². The Hall–Kier alpha value is -1.94. The number of rotatable bonds is 73. The molecule has 0 fully saturated rings. The van der Waals surface area contributed by atoms with Crippen LogP contribution >= 0.6 is 15.6 Å². The molecule has 0 bridgehead atoms. The van der Waals surface area contributed by atoms with Gasteiger partial charge in [-0.25, -0.2) is 9.13 Å². The van der Waals surface area contributed by atoms with Crippen LogP contribution in [0.1, 0.15) is 381 Å². The molecular weight excluding hydrogens is 1210 g/mol. The molecule has 5 atom stereocenters. The molecule has 92 heavy (non-hydrogen) atoms. The second kappa shape index (κ2) is 66.3. The summed E-state index contributed by atoms with van der Waals surface area (Å²) in [5, 5.41) is 10.6. The molecule has 2 unspecified atom stereocenters. The van der Waals surface area contributed by atoms with E-state index < -0.39 is 97.5 Å². The number of phosphoric acid groups is 2. The lowest BCUT2D eigenvalue weighted by Crippen LogP contribution is -2.30. The Bertz CT molecular complexity index is 1770. The van der Waals surface area contributed by atoms with E-state index in [0.717, 1.165) is 96.3 Å². The molecule has 0 saturated heterocycles. The van der Waals surface area contributed by atoms with E-state index in [1.54, 1.807) is 0 Å². The van der Waals surface area contributed by atoms with Crippen molar-refractivity contribution in [1.29, 1.82) is 0 Å². The third kappa shape index (κ3) is 66.7. The van der Waals surface area contributed by atoms with E-state index in [-0.39, 0.29) is 25.7 Å². The van der Waals surface area contributed by atoms with Crippen molar-refractivity contribution in [3.63, 3.8) is 0 Å². The maximum atomic E-state index is 13.1. The fraction of sp³-hybridized carbons (Fsp3) is 0.945. The van der Waals surface area contributed by atoms with E-state index in [9.17, 15) is 43.2 Å². The molecule has 0 aromatic carbocycles. The average molecular weight is 1350 g/mol. The van der Waals surface area contributed by atoms with E-state index in [1.807, 2.05) is 0 Å². The lowest BCUT2D eigenvalue weighted by Gasteiger charge is -2.21. The highest BCUT2D eigenvalue weighted by Crippen LogP contribution is 2.45. The number of phosphoric ester groups is 2. The molecule has 17 nitrogen and oxygen atoms in total. The summed E-state index contributed by atoms with van der Waals surface area (Å²) in [7, 11) is -9.90. The number of esters is 4. The van der Waals surface area contributed by atoms with E-state index >= 15 is 0 Å². The van der Waals surface area contributed by atoms with Crippen molar-refractivity contribution in [1.82, 2.24) is 0 Å². The fourth-order valence-corrected chi connectivity index (χ4v) is 12.8. The van der Waals surface area contributed by atoms with Crippen LogP contribution in [0.5, 0.6) is 0 Å². The molecule has 0 amide bonds. The minimum Gasteiger partial charge on any atom is -0.462 e. The first kappa shape index (κ1) is 90.1. The van der Waals surface area contributed by atoms with E-state index in [0.29, 0.717) is 31.6 Å². The van der Waals surface area contributed by atoms with Crippen LogP contribution in [0.3, 0.4) is 0 Å². The van der Waals surface area contributed by atoms with Crippen molar-refractivity contribution in [2.24, 2.45) is 5.92 Å². The van der Waals surface area contributed by atoms with Gasteiger partial charge in [0.05, 0.1) is 26.4 Å². The Morgan fingerprint density at radius 2 is 0.500 bits per heavy atom. The number of hydrogen-bond donors (Lipinski definition) is 3. The minimum atomic E-state index is -4.95. The predicted octanol–water partition coefficient (Wildman–Crippen LogP) is 21.3. The number of carbonyl (C=O) groups excluding carboxylic acids is 4. The summed E-state index contributed by atoms with van der Waals surface area (Å²) in [6.07, 6.45) is 54.4. The standard InChI is InChI=1S/C73H142O17P2/c1-6-9-12-15-18-21-23-25-27-29-31-33-35-37-39-42-48-53-58-72(77)89-68(62-84-71(76)57-52-47-41-38-36-34-32-30-28-26-24-22-19-16-13-10-7-2)64-87-91(79,80)85-60-67(74)61-86-92(81,82)88-65-69(63-83-70(75)56-51-46-40-20-17-14-11-8-3)90-73(78)59-54-49-44-43-45-50-55-66(4)5/h66-69,74H,6-65H2,1-5H3,(H,79,80)(H,81,82)/t67-,68-,69-/m1/s1. The zero-order valence-corrected chi connectivity index (χ0v) is 61.5. The van der Waals surface area contributed by atoms with E-state index in [1.165, 1.54) is 199 Å². The van der Waals surface area contributed by atoms with Gasteiger partial charge in [-0.15, -0.1) is 0 Å². The van der Waals surface area contributed by atoms with Crippen LogP contribution in [-0.4, -0.2) is 96.7 Å². The molecular formula is C73H142O17P2.